The van der Waals surface area contributed by atoms with Gasteiger partial charge in [-0.25, -0.2) is 36.7 Å². The van der Waals surface area contributed by atoms with Crippen molar-refractivity contribution in [1.29, 1.82) is 0 Å². The molecule has 1 rings (SSSR count). The van der Waals surface area contributed by atoms with Crippen molar-refractivity contribution in [2.24, 2.45) is 0 Å². The average Bonchev–Trinajstić information content (AvgIpc) is 2.99. The fraction of sp³-hybridized carbons (Fsp3) is 0.586. The third-order valence-corrected chi connectivity index (χ3v) is 5.76. The Morgan fingerprint density at radius 3 is 1.62 bits per heavy atom. The van der Waals surface area contributed by atoms with Gasteiger partial charge in [0.25, 0.3) is 0 Å². The van der Waals surface area contributed by atoms with Crippen LogP contribution >= 0.6 is 0 Å². The Labute approximate surface area is 268 Å². The molecule has 18 heteroatoms. The van der Waals surface area contributed by atoms with Gasteiger partial charge in [-0.3, -0.25) is 9.59 Å². The molecule has 0 spiro atoms. The number of carbonyl (C=O) groups is 6. The molecule has 4 amide bonds. The van der Waals surface area contributed by atoms with E-state index in [4.69, 9.17) is 14.2 Å². The Kier molecular flexibility index (Phi) is 18.9. The fourth-order valence-corrected chi connectivity index (χ4v) is 3.44. The van der Waals surface area contributed by atoms with Crippen LogP contribution < -0.4 is 21.3 Å². The SMILES string of the molecule is CCCOC(=O)CC(NC(=O)Nc1ccc(C)c(NC(=O)NC(CC(=O)OCCC(F)F)C(=O)OCCC(F)F)c1)C(=O)OCCC. The van der Waals surface area contributed by atoms with Crippen LogP contribution in [0.4, 0.5) is 38.5 Å². The van der Waals surface area contributed by atoms with Crippen molar-refractivity contribution in [3.05, 3.63) is 23.8 Å². The van der Waals surface area contributed by atoms with E-state index in [1.165, 1.54) is 18.2 Å². The number of rotatable bonds is 20. The van der Waals surface area contributed by atoms with Crippen molar-refractivity contribution in [3.63, 3.8) is 0 Å². The third kappa shape index (κ3) is 17.6. The quantitative estimate of drug-likeness (QED) is 0.0889. The summed E-state index contributed by atoms with van der Waals surface area (Å²) in [5.41, 5.74) is 0.683. The van der Waals surface area contributed by atoms with Gasteiger partial charge in [-0.15, -0.1) is 0 Å². The lowest BCUT2D eigenvalue weighted by Crippen LogP contribution is -2.45. The largest absolute Gasteiger partial charge is 0.466 e. The summed E-state index contributed by atoms with van der Waals surface area (Å²) in [6.45, 7) is 3.93. The highest BCUT2D eigenvalue weighted by atomic mass is 19.3. The summed E-state index contributed by atoms with van der Waals surface area (Å²) >= 11 is 0. The number of carbonyl (C=O) groups excluding carboxylic acids is 6. The first kappa shape index (κ1) is 40.4. The first-order chi connectivity index (χ1) is 22.2. The molecule has 0 radical (unpaired) electrons. The third-order valence-electron chi connectivity index (χ3n) is 5.76. The van der Waals surface area contributed by atoms with E-state index in [0.717, 1.165) is 0 Å². The topological polar surface area (TPSA) is 187 Å². The Bertz CT molecular complexity index is 1210. The molecule has 0 aliphatic carbocycles. The Morgan fingerprint density at radius 2 is 1.11 bits per heavy atom. The number of urea groups is 2. The normalized spacial score (nSPS) is 12.0. The molecular weight excluding hydrogens is 640 g/mol. The summed E-state index contributed by atoms with van der Waals surface area (Å²) in [6.07, 6.45) is -7.39. The van der Waals surface area contributed by atoms with Crippen LogP contribution in [0.25, 0.3) is 0 Å². The number of benzene rings is 1. The predicted octanol–water partition coefficient (Wildman–Crippen LogP) is 4.06. The molecule has 2 unspecified atom stereocenters. The second kappa shape index (κ2) is 22.0. The summed E-state index contributed by atoms with van der Waals surface area (Å²) in [4.78, 5) is 74.5. The molecule has 0 heterocycles. The van der Waals surface area contributed by atoms with E-state index in [1.54, 1.807) is 20.8 Å². The Balaban J connectivity index is 2.97. The number of hydrogen-bond acceptors (Lipinski definition) is 10. The molecule has 2 atom stereocenters. The molecule has 1 aromatic rings. The highest BCUT2D eigenvalue weighted by molar-refractivity contribution is 5.97. The zero-order valence-electron chi connectivity index (χ0n) is 26.2. The van der Waals surface area contributed by atoms with Crippen LogP contribution in [-0.4, -0.2) is 87.3 Å². The Morgan fingerprint density at radius 1 is 0.660 bits per heavy atom. The summed E-state index contributed by atoms with van der Waals surface area (Å²) in [5.74, 6) is -3.96. The van der Waals surface area contributed by atoms with Gasteiger partial charge in [0.05, 0.1) is 39.3 Å². The van der Waals surface area contributed by atoms with E-state index in [9.17, 15) is 46.3 Å². The van der Waals surface area contributed by atoms with Crippen molar-refractivity contribution in [1.82, 2.24) is 10.6 Å². The molecule has 0 aliphatic heterocycles. The van der Waals surface area contributed by atoms with Gasteiger partial charge in [0, 0.05) is 24.2 Å². The maximum absolute atomic E-state index is 12.8. The average molecular weight is 681 g/mol. The minimum absolute atomic E-state index is 0.0614. The molecule has 0 saturated carbocycles. The molecular formula is C29H40F4N4O10. The van der Waals surface area contributed by atoms with Gasteiger partial charge in [-0.2, -0.15) is 0 Å². The maximum atomic E-state index is 12.8. The summed E-state index contributed by atoms with van der Waals surface area (Å²) < 4.78 is 69.0. The minimum atomic E-state index is -2.79. The summed E-state index contributed by atoms with van der Waals surface area (Å²) in [5, 5.41) is 9.36. The standard InChI is InChI=1S/C29H40F4N4O10/c1-4-10-44-24(38)15-20(26(40)46-11-5-2)36-28(42)34-18-7-6-17(3)19(14-18)35-29(43)37-21(27(41)47-13-9-23(32)33)16-25(39)45-12-8-22(30)31/h6-7,14,20-23H,4-5,8-13,15-16H2,1-3H3,(H2,34,36,42)(H2,35,37,43). The monoisotopic (exact) mass is 680 g/mol. The number of aryl methyl sites for hydroxylation is 1. The van der Waals surface area contributed by atoms with Crippen LogP contribution in [0.1, 0.15) is 57.9 Å². The van der Waals surface area contributed by atoms with Gasteiger partial charge in [-0.05, 0) is 37.5 Å². The highest BCUT2D eigenvalue weighted by Gasteiger charge is 2.28. The summed E-state index contributed by atoms with van der Waals surface area (Å²) in [6, 6.07) is -0.791. The van der Waals surface area contributed by atoms with Crippen LogP contribution in [0.5, 0.6) is 0 Å². The lowest BCUT2D eigenvalue weighted by molar-refractivity contribution is -0.153. The van der Waals surface area contributed by atoms with E-state index >= 15 is 0 Å². The van der Waals surface area contributed by atoms with Crippen molar-refractivity contribution in [2.45, 2.75) is 84.2 Å². The molecule has 14 nitrogen and oxygen atoms in total. The number of anilines is 2. The maximum Gasteiger partial charge on any atom is 0.329 e. The smallest absolute Gasteiger partial charge is 0.329 e. The van der Waals surface area contributed by atoms with E-state index in [0.29, 0.717) is 18.4 Å². The number of ether oxygens (including phenoxy) is 4. The number of hydrogen-bond donors (Lipinski definition) is 4. The van der Waals surface area contributed by atoms with E-state index in [1.807, 2.05) is 0 Å². The Hall–Kier alpha value is -4.64. The fourth-order valence-electron chi connectivity index (χ4n) is 3.44. The zero-order valence-corrected chi connectivity index (χ0v) is 26.2. The van der Waals surface area contributed by atoms with Crippen molar-refractivity contribution >= 4 is 47.3 Å². The van der Waals surface area contributed by atoms with Crippen LogP contribution in [-0.2, 0) is 38.1 Å². The lowest BCUT2D eigenvalue weighted by Gasteiger charge is -2.19. The van der Waals surface area contributed by atoms with Crippen LogP contribution in [0, 0.1) is 6.92 Å². The van der Waals surface area contributed by atoms with Gasteiger partial charge in [0.15, 0.2) is 0 Å². The van der Waals surface area contributed by atoms with E-state index in [-0.39, 0.29) is 24.6 Å². The molecule has 0 aliphatic rings. The van der Waals surface area contributed by atoms with E-state index < -0.39 is 99.8 Å². The number of halogens is 4. The molecule has 4 N–H and O–H groups in total. The first-order valence-corrected chi connectivity index (χ1v) is 14.7. The molecule has 47 heavy (non-hydrogen) atoms. The first-order valence-electron chi connectivity index (χ1n) is 14.7. The number of nitrogens with one attached hydrogen (secondary N) is 4. The predicted molar refractivity (Wildman–Crippen MR) is 158 cm³/mol. The lowest BCUT2D eigenvalue weighted by atomic mass is 10.1. The summed E-state index contributed by atoms with van der Waals surface area (Å²) in [7, 11) is 0. The van der Waals surface area contributed by atoms with Gasteiger partial charge in [-0.1, -0.05) is 19.9 Å². The van der Waals surface area contributed by atoms with E-state index in [2.05, 4.69) is 26.0 Å². The second-order valence-electron chi connectivity index (χ2n) is 9.88. The molecule has 0 fully saturated rings. The highest BCUT2D eigenvalue weighted by Crippen LogP contribution is 2.20. The molecule has 0 saturated heterocycles. The van der Waals surface area contributed by atoms with Crippen molar-refractivity contribution in [3.8, 4) is 0 Å². The van der Waals surface area contributed by atoms with Gasteiger partial charge in [0.1, 0.15) is 12.1 Å². The van der Waals surface area contributed by atoms with Gasteiger partial charge < -0.3 is 40.2 Å². The minimum Gasteiger partial charge on any atom is -0.466 e. The van der Waals surface area contributed by atoms with Crippen LogP contribution in [0.3, 0.4) is 0 Å². The number of alkyl halides is 4. The van der Waals surface area contributed by atoms with Gasteiger partial charge in [0.2, 0.25) is 12.9 Å². The van der Waals surface area contributed by atoms with Gasteiger partial charge >= 0.3 is 35.9 Å². The van der Waals surface area contributed by atoms with Crippen LogP contribution in [0.2, 0.25) is 0 Å². The molecule has 0 aromatic heterocycles. The second-order valence-corrected chi connectivity index (χ2v) is 9.88. The van der Waals surface area contributed by atoms with Crippen molar-refractivity contribution in [2.75, 3.05) is 37.1 Å². The number of amides is 4. The van der Waals surface area contributed by atoms with Crippen molar-refractivity contribution < 1.29 is 65.3 Å². The zero-order chi connectivity index (χ0) is 35.4. The number of esters is 4. The van der Waals surface area contributed by atoms with Crippen LogP contribution in [0.15, 0.2) is 18.2 Å². The molecule has 264 valence electrons. The molecule has 1 aromatic carbocycles. The molecule has 0 bridgehead atoms.